The molecule has 0 saturated heterocycles. The van der Waals surface area contributed by atoms with Crippen LogP contribution >= 0.6 is 11.6 Å². The van der Waals surface area contributed by atoms with Crippen LogP contribution in [0, 0.1) is 5.82 Å². The molecule has 70 valence electrons. The van der Waals surface area contributed by atoms with Crippen molar-refractivity contribution in [3.63, 3.8) is 0 Å². The van der Waals surface area contributed by atoms with Gasteiger partial charge < -0.3 is 10.8 Å². The lowest BCUT2D eigenvalue weighted by molar-refractivity contribution is 0.0691. The van der Waals surface area contributed by atoms with Gasteiger partial charge in [0.25, 0.3) is 0 Å². The summed E-state index contributed by atoms with van der Waals surface area (Å²) in [6, 6.07) is 2.43. The Kier molecular flexibility index (Phi) is 2.85. The van der Waals surface area contributed by atoms with Crippen LogP contribution < -0.4 is 5.73 Å². The summed E-state index contributed by atoms with van der Waals surface area (Å²) in [5.41, 5.74) is 4.82. The number of carbonyl (C=O) groups is 1. The van der Waals surface area contributed by atoms with Crippen molar-refractivity contribution in [1.29, 1.82) is 0 Å². The largest absolute Gasteiger partial charge is 0.478 e. The summed E-state index contributed by atoms with van der Waals surface area (Å²) >= 11 is 5.59. The number of halogens is 2. The monoisotopic (exact) mass is 203 g/mol. The molecule has 0 heterocycles. The molecule has 3 nitrogen and oxygen atoms in total. The van der Waals surface area contributed by atoms with E-state index < -0.39 is 17.3 Å². The maximum atomic E-state index is 13.2. The molecule has 0 amide bonds. The van der Waals surface area contributed by atoms with Gasteiger partial charge in [-0.25, -0.2) is 9.18 Å². The third-order valence-corrected chi connectivity index (χ3v) is 1.97. The summed E-state index contributed by atoms with van der Waals surface area (Å²) in [4.78, 5) is 10.5. The van der Waals surface area contributed by atoms with E-state index in [1.54, 1.807) is 0 Å². The minimum atomic E-state index is -1.33. The van der Waals surface area contributed by atoms with Crippen molar-refractivity contribution in [3.8, 4) is 0 Å². The minimum absolute atomic E-state index is 0.0292. The lowest BCUT2D eigenvalue weighted by atomic mass is 10.1. The topological polar surface area (TPSA) is 63.3 Å². The Balaban J connectivity index is 3.35. The molecule has 0 aliphatic carbocycles. The normalized spacial score (nSPS) is 10.1. The van der Waals surface area contributed by atoms with E-state index >= 15 is 0 Å². The van der Waals surface area contributed by atoms with Crippen LogP contribution in [-0.2, 0) is 6.54 Å². The number of hydrogen-bond donors (Lipinski definition) is 2. The molecule has 0 aliphatic heterocycles. The molecular formula is C8H7ClFNO2. The number of aromatic carboxylic acids is 1. The highest BCUT2D eigenvalue weighted by Crippen LogP contribution is 2.21. The fourth-order valence-corrected chi connectivity index (χ4v) is 1.17. The SMILES string of the molecule is NCc1c(Cl)ccc(C(=O)O)c1F. The number of nitrogens with two attached hydrogens (primary N) is 1. The van der Waals surface area contributed by atoms with E-state index in [2.05, 4.69) is 0 Å². The minimum Gasteiger partial charge on any atom is -0.478 e. The number of benzene rings is 1. The predicted molar refractivity (Wildman–Crippen MR) is 46.3 cm³/mol. The van der Waals surface area contributed by atoms with Gasteiger partial charge in [0, 0.05) is 17.1 Å². The highest BCUT2D eigenvalue weighted by atomic mass is 35.5. The van der Waals surface area contributed by atoms with Gasteiger partial charge in [-0.2, -0.15) is 0 Å². The molecular weight excluding hydrogens is 197 g/mol. The smallest absolute Gasteiger partial charge is 0.338 e. The fraction of sp³-hybridized carbons (Fsp3) is 0.125. The first kappa shape index (κ1) is 9.95. The fourth-order valence-electron chi connectivity index (χ4n) is 0.950. The van der Waals surface area contributed by atoms with E-state index in [-0.39, 0.29) is 17.1 Å². The summed E-state index contributed by atoms with van der Waals surface area (Å²) in [6.45, 7) is -0.119. The average molecular weight is 204 g/mol. The standard InChI is InChI=1S/C8H7ClFNO2/c9-6-2-1-4(8(12)13)7(10)5(6)3-11/h1-2H,3,11H2,(H,12,13). The van der Waals surface area contributed by atoms with Gasteiger partial charge in [0.1, 0.15) is 5.82 Å². The molecule has 0 aromatic heterocycles. The summed E-state index contributed by atoms with van der Waals surface area (Å²) in [5, 5.41) is 8.70. The Labute approximate surface area is 78.9 Å². The highest BCUT2D eigenvalue weighted by molar-refractivity contribution is 6.31. The Morgan fingerprint density at radius 2 is 2.23 bits per heavy atom. The van der Waals surface area contributed by atoms with Gasteiger partial charge in [0.05, 0.1) is 5.56 Å². The van der Waals surface area contributed by atoms with E-state index in [9.17, 15) is 9.18 Å². The second kappa shape index (κ2) is 3.72. The molecule has 0 bridgehead atoms. The maximum Gasteiger partial charge on any atom is 0.338 e. The van der Waals surface area contributed by atoms with Gasteiger partial charge >= 0.3 is 5.97 Å². The zero-order chi connectivity index (χ0) is 10.0. The molecule has 0 aliphatic rings. The van der Waals surface area contributed by atoms with Gasteiger partial charge in [-0.05, 0) is 12.1 Å². The maximum absolute atomic E-state index is 13.2. The molecule has 0 spiro atoms. The number of carboxylic acid groups (broad SMARTS) is 1. The molecule has 5 heteroatoms. The van der Waals surface area contributed by atoms with Crippen LogP contribution in [-0.4, -0.2) is 11.1 Å². The van der Waals surface area contributed by atoms with E-state index in [0.717, 1.165) is 6.07 Å². The average Bonchev–Trinajstić information content (AvgIpc) is 2.04. The number of hydrogen-bond acceptors (Lipinski definition) is 2. The highest BCUT2D eigenvalue weighted by Gasteiger charge is 2.15. The summed E-state index contributed by atoms with van der Waals surface area (Å²) < 4.78 is 13.2. The quantitative estimate of drug-likeness (QED) is 0.768. The van der Waals surface area contributed by atoms with E-state index in [4.69, 9.17) is 22.4 Å². The summed E-state index contributed by atoms with van der Waals surface area (Å²) in [5.74, 6) is -2.19. The van der Waals surface area contributed by atoms with Gasteiger partial charge in [0.15, 0.2) is 0 Å². The van der Waals surface area contributed by atoms with Crippen molar-refractivity contribution >= 4 is 17.6 Å². The molecule has 1 rings (SSSR count). The number of rotatable bonds is 2. The number of carboxylic acids is 1. The Morgan fingerprint density at radius 1 is 1.62 bits per heavy atom. The van der Waals surface area contributed by atoms with Crippen molar-refractivity contribution in [2.24, 2.45) is 5.73 Å². The van der Waals surface area contributed by atoms with Gasteiger partial charge in [0.2, 0.25) is 0 Å². The van der Waals surface area contributed by atoms with Crippen molar-refractivity contribution in [2.75, 3.05) is 0 Å². The van der Waals surface area contributed by atoms with Gasteiger partial charge in [-0.1, -0.05) is 11.6 Å². The molecule has 0 radical (unpaired) electrons. The van der Waals surface area contributed by atoms with Crippen LogP contribution in [0.25, 0.3) is 0 Å². The van der Waals surface area contributed by atoms with Crippen LogP contribution in [0.2, 0.25) is 5.02 Å². The van der Waals surface area contributed by atoms with Gasteiger partial charge in [-0.15, -0.1) is 0 Å². The van der Waals surface area contributed by atoms with Gasteiger partial charge in [-0.3, -0.25) is 0 Å². The first-order chi connectivity index (χ1) is 6.07. The molecule has 0 atom stereocenters. The van der Waals surface area contributed by atoms with E-state index in [0.29, 0.717) is 0 Å². The van der Waals surface area contributed by atoms with Crippen LogP contribution in [0.5, 0.6) is 0 Å². The molecule has 3 N–H and O–H groups in total. The Morgan fingerprint density at radius 3 is 2.69 bits per heavy atom. The van der Waals surface area contributed by atoms with E-state index in [1.807, 2.05) is 0 Å². The molecule has 0 fully saturated rings. The van der Waals surface area contributed by atoms with Crippen molar-refractivity contribution in [2.45, 2.75) is 6.54 Å². The van der Waals surface area contributed by atoms with Crippen LogP contribution in [0.15, 0.2) is 12.1 Å². The third-order valence-electron chi connectivity index (χ3n) is 1.62. The van der Waals surface area contributed by atoms with Crippen molar-refractivity contribution in [3.05, 3.63) is 34.1 Å². The zero-order valence-corrected chi connectivity index (χ0v) is 7.31. The predicted octanol–water partition coefficient (Wildman–Crippen LogP) is 1.64. The van der Waals surface area contributed by atoms with Crippen LogP contribution in [0.4, 0.5) is 4.39 Å². The lowest BCUT2D eigenvalue weighted by Crippen LogP contribution is -2.07. The third kappa shape index (κ3) is 1.79. The molecule has 0 unspecified atom stereocenters. The second-order valence-corrected chi connectivity index (χ2v) is 2.80. The lowest BCUT2D eigenvalue weighted by Gasteiger charge is -2.04. The first-order valence-electron chi connectivity index (χ1n) is 3.48. The summed E-state index contributed by atoms with van der Waals surface area (Å²) in [6.07, 6.45) is 0. The molecule has 0 saturated carbocycles. The Bertz CT molecular complexity index is 354. The van der Waals surface area contributed by atoms with E-state index in [1.165, 1.54) is 6.07 Å². The molecule has 1 aromatic rings. The van der Waals surface area contributed by atoms with Crippen molar-refractivity contribution in [1.82, 2.24) is 0 Å². The van der Waals surface area contributed by atoms with Crippen LogP contribution in [0.3, 0.4) is 0 Å². The second-order valence-electron chi connectivity index (χ2n) is 2.40. The molecule has 1 aromatic carbocycles. The summed E-state index contributed by atoms with van der Waals surface area (Å²) in [7, 11) is 0. The molecule has 13 heavy (non-hydrogen) atoms. The van der Waals surface area contributed by atoms with Crippen LogP contribution in [0.1, 0.15) is 15.9 Å². The van der Waals surface area contributed by atoms with Crippen molar-refractivity contribution < 1.29 is 14.3 Å². The first-order valence-corrected chi connectivity index (χ1v) is 3.86. The Hall–Kier alpha value is -1.13. The zero-order valence-electron chi connectivity index (χ0n) is 6.55.